The van der Waals surface area contributed by atoms with Crippen molar-refractivity contribution in [2.45, 2.75) is 6.54 Å². The van der Waals surface area contributed by atoms with Crippen LogP contribution < -0.4 is 10.1 Å². The van der Waals surface area contributed by atoms with E-state index in [2.05, 4.69) is 10.3 Å². The first-order valence-corrected chi connectivity index (χ1v) is 7.23. The van der Waals surface area contributed by atoms with Crippen molar-refractivity contribution in [1.82, 2.24) is 9.38 Å². The van der Waals surface area contributed by atoms with E-state index in [0.717, 1.165) is 5.56 Å². The fourth-order valence-corrected chi connectivity index (χ4v) is 2.57. The zero-order valence-corrected chi connectivity index (χ0v) is 13.0. The molecule has 0 saturated heterocycles. The number of aromatic nitrogens is 2. The van der Waals surface area contributed by atoms with Crippen molar-refractivity contribution in [2.24, 2.45) is 0 Å². The van der Waals surface area contributed by atoms with E-state index >= 15 is 0 Å². The molecule has 2 N–H and O–H groups in total. The van der Waals surface area contributed by atoms with Crippen LogP contribution in [0.25, 0.3) is 5.65 Å². The summed E-state index contributed by atoms with van der Waals surface area (Å²) in [6.45, 7) is 0.444. The quantitative estimate of drug-likeness (QED) is 0.750. The molecule has 0 aliphatic heterocycles. The highest BCUT2D eigenvalue weighted by atomic mass is 35.5. The van der Waals surface area contributed by atoms with E-state index in [1.807, 2.05) is 0 Å². The number of carbonyl (C=O) groups is 1. The molecule has 118 valence electrons. The molecule has 0 saturated carbocycles. The van der Waals surface area contributed by atoms with Gasteiger partial charge < -0.3 is 15.2 Å². The maximum absolute atomic E-state index is 11.4. The summed E-state index contributed by atoms with van der Waals surface area (Å²) in [5.41, 5.74) is 2.23. The van der Waals surface area contributed by atoms with Crippen molar-refractivity contribution in [3.63, 3.8) is 0 Å². The average molecular weight is 332 g/mol. The number of imidazole rings is 1. The minimum absolute atomic E-state index is 0.139. The summed E-state index contributed by atoms with van der Waals surface area (Å²) in [5.74, 6) is -0.306. The van der Waals surface area contributed by atoms with Crippen LogP contribution in [-0.4, -0.2) is 27.6 Å². The Bertz CT molecular complexity index is 876. The van der Waals surface area contributed by atoms with Crippen LogP contribution in [0.2, 0.25) is 5.02 Å². The molecule has 0 radical (unpaired) electrons. The molecule has 6 nitrogen and oxygen atoms in total. The molecule has 0 aliphatic carbocycles. The van der Waals surface area contributed by atoms with Crippen molar-refractivity contribution in [1.29, 1.82) is 0 Å². The number of halogens is 1. The third-order valence-electron chi connectivity index (χ3n) is 3.45. The lowest BCUT2D eigenvalue weighted by Crippen LogP contribution is -2.07. The van der Waals surface area contributed by atoms with Crippen molar-refractivity contribution in [3.05, 3.63) is 59.0 Å². The maximum atomic E-state index is 11.4. The number of fused-ring (bicyclic) bond motifs is 1. The lowest BCUT2D eigenvalue weighted by molar-refractivity contribution is 0.0689. The Morgan fingerprint density at radius 2 is 2.22 bits per heavy atom. The summed E-state index contributed by atoms with van der Waals surface area (Å²) in [6.07, 6.45) is 3.17. The maximum Gasteiger partial charge on any atom is 0.352 e. The van der Waals surface area contributed by atoms with Crippen LogP contribution in [0.4, 0.5) is 5.69 Å². The van der Waals surface area contributed by atoms with Gasteiger partial charge in [0.15, 0.2) is 0 Å². The molecule has 1 aromatic carbocycles. The molecule has 3 rings (SSSR count). The molecule has 0 atom stereocenters. The lowest BCUT2D eigenvalue weighted by atomic mass is 10.2. The highest BCUT2D eigenvalue weighted by Crippen LogP contribution is 2.24. The normalized spacial score (nSPS) is 10.7. The monoisotopic (exact) mass is 331 g/mol. The summed E-state index contributed by atoms with van der Waals surface area (Å²) >= 11 is 6.01. The van der Waals surface area contributed by atoms with Crippen molar-refractivity contribution in [3.8, 4) is 5.75 Å². The molecule has 7 heteroatoms. The predicted octanol–water partition coefficient (Wildman–Crippen LogP) is 3.31. The second-order valence-electron chi connectivity index (χ2n) is 4.90. The van der Waals surface area contributed by atoms with E-state index in [9.17, 15) is 9.90 Å². The number of nitrogens with zero attached hydrogens (tertiary/aromatic N) is 2. The Balaban J connectivity index is 1.90. The Morgan fingerprint density at radius 3 is 2.96 bits per heavy atom. The van der Waals surface area contributed by atoms with Gasteiger partial charge in [-0.1, -0.05) is 11.6 Å². The van der Waals surface area contributed by atoms with Gasteiger partial charge in [0, 0.05) is 41.3 Å². The van der Waals surface area contributed by atoms with Gasteiger partial charge in [-0.25, -0.2) is 9.78 Å². The van der Waals surface area contributed by atoms with E-state index in [4.69, 9.17) is 16.3 Å². The molecule has 0 amide bonds. The zero-order valence-electron chi connectivity index (χ0n) is 12.3. The number of benzene rings is 1. The van der Waals surface area contributed by atoms with Crippen LogP contribution in [0, 0.1) is 0 Å². The van der Waals surface area contributed by atoms with Crippen LogP contribution in [-0.2, 0) is 6.54 Å². The molecular weight excluding hydrogens is 318 g/mol. The fourth-order valence-electron chi connectivity index (χ4n) is 2.37. The first-order valence-electron chi connectivity index (χ1n) is 6.85. The number of aromatic carboxylic acids is 1. The SMILES string of the molecule is COc1ccc(Cl)cc1CNc1cc(C(=O)O)n2ccnc2c1. The molecule has 0 unspecified atom stereocenters. The van der Waals surface area contributed by atoms with Crippen LogP contribution >= 0.6 is 11.6 Å². The Labute approximate surface area is 137 Å². The van der Waals surface area contributed by atoms with Gasteiger partial charge in [0.05, 0.1) is 7.11 Å². The summed E-state index contributed by atoms with van der Waals surface area (Å²) < 4.78 is 6.82. The van der Waals surface area contributed by atoms with Crippen molar-refractivity contribution >= 4 is 28.9 Å². The van der Waals surface area contributed by atoms with Gasteiger partial charge in [-0.05, 0) is 24.3 Å². The van der Waals surface area contributed by atoms with E-state index in [-0.39, 0.29) is 5.69 Å². The number of anilines is 1. The Hall–Kier alpha value is -2.73. The van der Waals surface area contributed by atoms with E-state index in [0.29, 0.717) is 28.7 Å². The molecule has 3 aromatic rings. The van der Waals surface area contributed by atoms with Crippen LogP contribution in [0.3, 0.4) is 0 Å². The first-order chi connectivity index (χ1) is 11.1. The fraction of sp³-hybridized carbons (Fsp3) is 0.125. The number of rotatable bonds is 5. The van der Waals surface area contributed by atoms with Crippen LogP contribution in [0.5, 0.6) is 5.75 Å². The second kappa shape index (κ2) is 6.18. The number of methoxy groups -OCH3 is 1. The number of ether oxygens (including phenoxy) is 1. The third-order valence-corrected chi connectivity index (χ3v) is 3.69. The lowest BCUT2D eigenvalue weighted by Gasteiger charge is -2.12. The minimum Gasteiger partial charge on any atom is -0.496 e. The Morgan fingerprint density at radius 1 is 1.39 bits per heavy atom. The third kappa shape index (κ3) is 3.07. The molecule has 0 spiro atoms. The summed E-state index contributed by atoms with van der Waals surface area (Å²) in [6, 6.07) is 8.69. The topological polar surface area (TPSA) is 75.9 Å². The highest BCUT2D eigenvalue weighted by Gasteiger charge is 2.11. The number of hydrogen-bond acceptors (Lipinski definition) is 4. The average Bonchev–Trinajstić information content (AvgIpc) is 3.00. The molecule has 0 bridgehead atoms. The zero-order chi connectivity index (χ0) is 16.4. The van der Waals surface area contributed by atoms with Crippen molar-refractivity contribution in [2.75, 3.05) is 12.4 Å². The van der Waals surface area contributed by atoms with Crippen LogP contribution in [0.15, 0.2) is 42.7 Å². The van der Waals surface area contributed by atoms with Crippen LogP contribution in [0.1, 0.15) is 16.1 Å². The summed E-state index contributed by atoms with van der Waals surface area (Å²) in [7, 11) is 1.59. The van der Waals surface area contributed by atoms with Gasteiger partial charge in [-0.3, -0.25) is 4.40 Å². The summed E-state index contributed by atoms with van der Waals surface area (Å²) in [4.78, 5) is 15.5. The Kier molecular flexibility index (Phi) is 4.08. The van der Waals surface area contributed by atoms with Gasteiger partial charge in [0.25, 0.3) is 0 Å². The molecular formula is C16H14ClN3O3. The number of carboxylic acid groups (broad SMARTS) is 1. The van der Waals surface area contributed by atoms with Gasteiger partial charge >= 0.3 is 5.97 Å². The van der Waals surface area contributed by atoms with E-state index in [1.54, 1.807) is 49.8 Å². The molecule has 2 aromatic heterocycles. The number of hydrogen-bond donors (Lipinski definition) is 2. The first kappa shape index (κ1) is 15.2. The predicted molar refractivity (Wildman–Crippen MR) is 87.5 cm³/mol. The largest absolute Gasteiger partial charge is 0.496 e. The minimum atomic E-state index is -1.02. The highest BCUT2D eigenvalue weighted by molar-refractivity contribution is 6.30. The number of pyridine rings is 1. The van der Waals surface area contributed by atoms with Gasteiger partial charge in [0.1, 0.15) is 17.1 Å². The van der Waals surface area contributed by atoms with E-state index < -0.39 is 5.97 Å². The molecule has 0 aliphatic rings. The smallest absolute Gasteiger partial charge is 0.352 e. The number of carboxylic acids is 1. The standard InChI is InChI=1S/C16H14ClN3O3/c1-23-14-3-2-11(17)6-10(14)9-19-12-7-13(16(21)22)20-5-4-18-15(20)8-12/h2-8,19H,9H2,1H3,(H,21,22). The van der Waals surface area contributed by atoms with Crippen molar-refractivity contribution < 1.29 is 14.6 Å². The summed E-state index contributed by atoms with van der Waals surface area (Å²) in [5, 5.41) is 13.1. The number of nitrogens with one attached hydrogen (secondary N) is 1. The van der Waals surface area contributed by atoms with Gasteiger partial charge in [0.2, 0.25) is 0 Å². The second-order valence-corrected chi connectivity index (χ2v) is 5.34. The van der Waals surface area contributed by atoms with Gasteiger partial charge in [-0.2, -0.15) is 0 Å². The van der Waals surface area contributed by atoms with Gasteiger partial charge in [-0.15, -0.1) is 0 Å². The van der Waals surface area contributed by atoms with E-state index in [1.165, 1.54) is 4.40 Å². The molecule has 0 fully saturated rings. The molecule has 2 heterocycles. The molecule has 23 heavy (non-hydrogen) atoms.